The lowest BCUT2D eigenvalue weighted by molar-refractivity contribution is -0.151. The molecule has 0 unspecified atom stereocenters. The zero-order chi connectivity index (χ0) is 21.0. The van der Waals surface area contributed by atoms with Crippen LogP contribution < -0.4 is 5.32 Å². The third-order valence-corrected chi connectivity index (χ3v) is 5.60. The number of nitrogens with one attached hydrogen (secondary N) is 1. The van der Waals surface area contributed by atoms with Crippen LogP contribution in [0, 0.1) is 5.92 Å². The van der Waals surface area contributed by atoms with E-state index in [2.05, 4.69) is 21.2 Å². The Morgan fingerprint density at radius 3 is 2.69 bits per heavy atom. The highest BCUT2D eigenvalue weighted by molar-refractivity contribution is 9.10. The van der Waals surface area contributed by atoms with Crippen molar-refractivity contribution in [1.82, 2.24) is 4.90 Å². The lowest BCUT2D eigenvalue weighted by Gasteiger charge is -2.25. The summed E-state index contributed by atoms with van der Waals surface area (Å²) in [6.45, 7) is 1.76. The van der Waals surface area contributed by atoms with E-state index in [1.807, 2.05) is 37.3 Å². The number of carbonyl (C=O) groups excluding carboxylic acids is 3. The van der Waals surface area contributed by atoms with Crippen molar-refractivity contribution in [1.29, 1.82) is 0 Å². The summed E-state index contributed by atoms with van der Waals surface area (Å²) in [5, 5.41) is 2.96. The molecular weight excluding hydrogens is 460 g/mol. The van der Waals surface area contributed by atoms with Gasteiger partial charge in [0, 0.05) is 17.4 Å². The number of anilines is 1. The molecular formula is C21H20BrClN2O4. The Morgan fingerprint density at radius 1 is 1.28 bits per heavy atom. The van der Waals surface area contributed by atoms with Crippen molar-refractivity contribution in [3.8, 4) is 0 Å². The number of amides is 2. The van der Waals surface area contributed by atoms with E-state index in [-0.39, 0.29) is 24.9 Å². The number of likely N-dealkylation sites (tertiary alicyclic amines) is 1. The Morgan fingerprint density at radius 2 is 2.00 bits per heavy atom. The van der Waals surface area contributed by atoms with Crippen molar-refractivity contribution in [3.05, 3.63) is 63.6 Å². The molecule has 1 heterocycles. The molecule has 0 aromatic heterocycles. The Labute approximate surface area is 182 Å². The van der Waals surface area contributed by atoms with Crippen LogP contribution in [0.5, 0.6) is 0 Å². The number of benzene rings is 2. The van der Waals surface area contributed by atoms with E-state index in [4.69, 9.17) is 16.3 Å². The molecule has 0 radical (unpaired) electrons. The highest BCUT2D eigenvalue weighted by Crippen LogP contribution is 2.29. The first-order valence-corrected chi connectivity index (χ1v) is 10.3. The second-order valence-electron chi connectivity index (χ2n) is 6.81. The van der Waals surface area contributed by atoms with Gasteiger partial charge in [-0.15, -0.1) is 0 Å². The predicted molar refractivity (Wildman–Crippen MR) is 113 cm³/mol. The Kier molecular flexibility index (Phi) is 6.92. The summed E-state index contributed by atoms with van der Waals surface area (Å²) in [5.41, 5.74) is 1.43. The second-order valence-corrected chi connectivity index (χ2v) is 8.14. The predicted octanol–water partition coefficient (Wildman–Crippen LogP) is 4.19. The van der Waals surface area contributed by atoms with Crippen LogP contribution in [0.1, 0.15) is 24.9 Å². The van der Waals surface area contributed by atoms with Gasteiger partial charge in [-0.1, -0.05) is 57.9 Å². The smallest absolute Gasteiger partial charge is 0.311 e. The molecule has 0 spiro atoms. The van der Waals surface area contributed by atoms with E-state index < -0.39 is 24.4 Å². The number of hydrogen-bond acceptors (Lipinski definition) is 4. The molecule has 29 heavy (non-hydrogen) atoms. The summed E-state index contributed by atoms with van der Waals surface area (Å²) in [5.74, 6) is -1.74. The molecule has 2 aromatic rings. The summed E-state index contributed by atoms with van der Waals surface area (Å²) in [7, 11) is 0. The van der Waals surface area contributed by atoms with Gasteiger partial charge in [-0.3, -0.25) is 14.4 Å². The van der Waals surface area contributed by atoms with Gasteiger partial charge in [-0.25, -0.2) is 0 Å². The third kappa shape index (κ3) is 5.36. The van der Waals surface area contributed by atoms with Crippen LogP contribution in [0.3, 0.4) is 0 Å². The summed E-state index contributed by atoms with van der Waals surface area (Å²) >= 11 is 9.34. The lowest BCUT2D eigenvalue weighted by atomic mass is 10.1. The summed E-state index contributed by atoms with van der Waals surface area (Å²) in [4.78, 5) is 38.4. The average Bonchev–Trinajstić information content (AvgIpc) is 3.10. The monoisotopic (exact) mass is 478 g/mol. The van der Waals surface area contributed by atoms with Crippen molar-refractivity contribution < 1.29 is 19.1 Å². The van der Waals surface area contributed by atoms with Gasteiger partial charge in [0.15, 0.2) is 6.61 Å². The molecule has 1 fully saturated rings. The zero-order valence-electron chi connectivity index (χ0n) is 15.7. The maximum Gasteiger partial charge on any atom is 0.311 e. The molecule has 152 valence electrons. The average molecular weight is 480 g/mol. The molecule has 1 aliphatic rings. The van der Waals surface area contributed by atoms with Crippen molar-refractivity contribution in [2.75, 3.05) is 18.5 Å². The minimum atomic E-state index is -0.585. The van der Waals surface area contributed by atoms with Crippen LogP contribution in [0.25, 0.3) is 0 Å². The first-order chi connectivity index (χ1) is 13.8. The summed E-state index contributed by atoms with van der Waals surface area (Å²) in [6, 6.07) is 14.5. The van der Waals surface area contributed by atoms with E-state index in [9.17, 15) is 14.4 Å². The Bertz CT molecular complexity index is 922. The van der Waals surface area contributed by atoms with E-state index in [1.54, 1.807) is 23.1 Å². The fourth-order valence-electron chi connectivity index (χ4n) is 3.21. The Hall–Kier alpha value is -2.38. The highest BCUT2D eigenvalue weighted by atomic mass is 79.9. The first kappa shape index (κ1) is 21.3. The number of nitrogens with zero attached hydrogens (tertiary/aromatic N) is 1. The molecule has 1 saturated heterocycles. The Balaban J connectivity index is 1.52. The standard InChI is InChI=1S/C21H20BrClN2O4/c1-13(14-5-3-2-4-6-14)25-11-15(9-20(25)27)21(28)29-12-19(26)24-18-8-7-16(22)10-17(18)23/h2-8,10,13,15H,9,11-12H2,1H3,(H,24,26)/t13-,15-/m1/s1. The topological polar surface area (TPSA) is 75.7 Å². The number of hydrogen-bond donors (Lipinski definition) is 1. The van der Waals surface area contributed by atoms with Gasteiger partial charge in [0.1, 0.15) is 0 Å². The van der Waals surface area contributed by atoms with Gasteiger partial charge in [0.2, 0.25) is 5.91 Å². The summed E-state index contributed by atoms with van der Waals surface area (Å²) < 4.78 is 5.91. The fourth-order valence-corrected chi connectivity index (χ4v) is 3.93. The van der Waals surface area contributed by atoms with E-state index >= 15 is 0 Å². The highest BCUT2D eigenvalue weighted by Gasteiger charge is 2.38. The van der Waals surface area contributed by atoms with Gasteiger partial charge in [0.25, 0.3) is 5.91 Å². The minimum absolute atomic E-state index is 0.0795. The van der Waals surface area contributed by atoms with Crippen LogP contribution in [0.2, 0.25) is 5.02 Å². The molecule has 1 N–H and O–H groups in total. The van der Waals surface area contributed by atoms with Gasteiger partial charge in [-0.05, 0) is 30.7 Å². The second kappa shape index (κ2) is 9.41. The number of esters is 1. The van der Waals surface area contributed by atoms with Crippen molar-refractivity contribution >= 4 is 51.0 Å². The summed E-state index contributed by atoms with van der Waals surface area (Å²) in [6.07, 6.45) is 0.0795. The first-order valence-electron chi connectivity index (χ1n) is 9.11. The van der Waals surface area contributed by atoms with Gasteiger partial charge < -0.3 is 15.0 Å². The molecule has 0 aliphatic carbocycles. The van der Waals surface area contributed by atoms with Gasteiger partial charge in [0.05, 0.1) is 22.7 Å². The SMILES string of the molecule is C[C@H](c1ccccc1)N1C[C@H](C(=O)OCC(=O)Nc2ccc(Br)cc2Cl)CC1=O. The number of ether oxygens (including phenoxy) is 1. The quantitative estimate of drug-likeness (QED) is 0.630. The van der Waals surface area contributed by atoms with E-state index in [1.165, 1.54) is 0 Å². The fraction of sp³-hybridized carbons (Fsp3) is 0.286. The van der Waals surface area contributed by atoms with E-state index in [0.717, 1.165) is 10.0 Å². The third-order valence-electron chi connectivity index (χ3n) is 4.79. The molecule has 0 bridgehead atoms. The molecule has 6 nitrogen and oxygen atoms in total. The van der Waals surface area contributed by atoms with Crippen LogP contribution in [-0.2, 0) is 19.1 Å². The maximum absolute atomic E-state index is 12.4. The lowest BCUT2D eigenvalue weighted by Crippen LogP contribution is -2.30. The maximum atomic E-state index is 12.4. The molecule has 8 heteroatoms. The number of carbonyl (C=O) groups is 3. The van der Waals surface area contributed by atoms with Crippen molar-refractivity contribution in [3.63, 3.8) is 0 Å². The van der Waals surface area contributed by atoms with Crippen molar-refractivity contribution in [2.24, 2.45) is 5.92 Å². The van der Waals surface area contributed by atoms with Crippen LogP contribution in [0.4, 0.5) is 5.69 Å². The minimum Gasteiger partial charge on any atom is -0.455 e. The molecule has 2 atom stereocenters. The number of rotatable bonds is 6. The van der Waals surface area contributed by atoms with Crippen LogP contribution in [0.15, 0.2) is 53.0 Å². The molecule has 1 aliphatic heterocycles. The van der Waals surface area contributed by atoms with Gasteiger partial charge in [-0.2, -0.15) is 0 Å². The number of halogens is 2. The largest absolute Gasteiger partial charge is 0.455 e. The van der Waals surface area contributed by atoms with E-state index in [0.29, 0.717) is 10.7 Å². The molecule has 2 aromatic carbocycles. The molecule has 0 saturated carbocycles. The van der Waals surface area contributed by atoms with Crippen molar-refractivity contribution in [2.45, 2.75) is 19.4 Å². The normalized spacial score (nSPS) is 17.1. The van der Waals surface area contributed by atoms with Crippen LogP contribution >= 0.6 is 27.5 Å². The van der Waals surface area contributed by atoms with Gasteiger partial charge >= 0.3 is 5.97 Å². The molecule has 3 rings (SSSR count). The zero-order valence-corrected chi connectivity index (χ0v) is 18.1. The van der Waals surface area contributed by atoms with Crippen LogP contribution in [-0.4, -0.2) is 35.8 Å². The molecule has 2 amide bonds.